The Balaban J connectivity index is 2.76. The average Bonchev–Trinajstić information content (AvgIpc) is 2.66. The lowest BCUT2D eigenvalue weighted by molar-refractivity contribution is -0.156. The van der Waals surface area contributed by atoms with Crippen molar-refractivity contribution < 1.29 is 9.53 Å². The van der Waals surface area contributed by atoms with Crippen LogP contribution in [0.3, 0.4) is 0 Å². The van der Waals surface area contributed by atoms with E-state index in [1.54, 1.807) is 0 Å². The molecular formula is C23H39NO2. The van der Waals surface area contributed by atoms with Gasteiger partial charge in [-0.05, 0) is 62.6 Å². The van der Waals surface area contributed by atoms with Crippen LogP contribution in [0.4, 0.5) is 0 Å². The number of hydrogen-bond acceptors (Lipinski definition) is 3. The molecule has 1 heterocycles. The summed E-state index contributed by atoms with van der Waals surface area (Å²) in [5, 5.41) is 0. The van der Waals surface area contributed by atoms with E-state index in [1.807, 2.05) is 12.4 Å². The van der Waals surface area contributed by atoms with Gasteiger partial charge in [0, 0.05) is 12.4 Å². The third-order valence-electron chi connectivity index (χ3n) is 5.42. The number of nitrogens with zero attached hydrogens (tertiary/aromatic N) is 1. The monoisotopic (exact) mass is 361 g/mol. The van der Waals surface area contributed by atoms with E-state index in [0.717, 1.165) is 51.4 Å². The molecule has 0 fully saturated rings. The molecule has 0 aliphatic rings. The van der Waals surface area contributed by atoms with Crippen molar-refractivity contribution in [2.45, 2.75) is 97.8 Å². The second kappa shape index (κ2) is 12.9. The Morgan fingerprint density at radius 1 is 1.00 bits per heavy atom. The highest BCUT2D eigenvalue weighted by atomic mass is 16.5. The van der Waals surface area contributed by atoms with E-state index in [4.69, 9.17) is 4.74 Å². The van der Waals surface area contributed by atoms with Crippen LogP contribution in [0, 0.1) is 5.41 Å². The zero-order chi connectivity index (χ0) is 19.3. The van der Waals surface area contributed by atoms with Gasteiger partial charge in [-0.25, -0.2) is 0 Å². The number of rotatable bonds is 14. The van der Waals surface area contributed by atoms with Crippen LogP contribution in [0.2, 0.25) is 0 Å². The quantitative estimate of drug-likeness (QED) is 0.274. The predicted molar refractivity (Wildman–Crippen MR) is 109 cm³/mol. The molecule has 26 heavy (non-hydrogen) atoms. The minimum Gasteiger partial charge on any atom is -0.465 e. The molecule has 1 aromatic rings. The molecule has 2 unspecified atom stereocenters. The summed E-state index contributed by atoms with van der Waals surface area (Å²) in [5.41, 5.74) is 0.985. The van der Waals surface area contributed by atoms with Crippen LogP contribution < -0.4 is 0 Å². The molecule has 0 spiro atoms. The molecule has 0 saturated carbocycles. The SMILES string of the molecule is CCCCCC(C)(CCC(CCC)c1ccncc1)C(=O)OCCCC. The lowest BCUT2D eigenvalue weighted by Crippen LogP contribution is -2.31. The summed E-state index contributed by atoms with van der Waals surface area (Å²) in [7, 11) is 0. The fraction of sp³-hybridized carbons (Fsp3) is 0.739. The first-order chi connectivity index (χ1) is 12.6. The lowest BCUT2D eigenvalue weighted by Gasteiger charge is -2.29. The maximum Gasteiger partial charge on any atom is 0.311 e. The predicted octanol–water partition coefficient (Wildman–Crippen LogP) is 6.68. The molecule has 2 atom stereocenters. The largest absolute Gasteiger partial charge is 0.465 e. The highest BCUT2D eigenvalue weighted by Crippen LogP contribution is 2.37. The molecule has 0 amide bonds. The minimum atomic E-state index is -0.359. The number of aromatic nitrogens is 1. The Hall–Kier alpha value is -1.38. The van der Waals surface area contributed by atoms with Crippen LogP contribution >= 0.6 is 0 Å². The molecular weight excluding hydrogens is 322 g/mol. The summed E-state index contributed by atoms with van der Waals surface area (Å²) in [6, 6.07) is 4.24. The van der Waals surface area contributed by atoms with Gasteiger partial charge in [0.1, 0.15) is 0 Å². The van der Waals surface area contributed by atoms with Crippen LogP contribution in [0.5, 0.6) is 0 Å². The molecule has 0 aromatic carbocycles. The molecule has 3 heteroatoms. The first-order valence-corrected chi connectivity index (χ1v) is 10.6. The Morgan fingerprint density at radius 2 is 1.69 bits per heavy atom. The minimum absolute atomic E-state index is 0.00651. The molecule has 0 bridgehead atoms. The molecule has 0 N–H and O–H groups in total. The van der Waals surface area contributed by atoms with Gasteiger partial charge < -0.3 is 4.74 Å². The number of ether oxygens (including phenoxy) is 1. The smallest absolute Gasteiger partial charge is 0.311 e. The zero-order valence-electron chi connectivity index (χ0n) is 17.4. The van der Waals surface area contributed by atoms with Crippen molar-refractivity contribution in [3.05, 3.63) is 30.1 Å². The van der Waals surface area contributed by atoms with Gasteiger partial charge in [-0.2, -0.15) is 0 Å². The van der Waals surface area contributed by atoms with Crippen molar-refractivity contribution in [3.63, 3.8) is 0 Å². The number of hydrogen-bond donors (Lipinski definition) is 0. The van der Waals surface area contributed by atoms with Gasteiger partial charge in [0.25, 0.3) is 0 Å². The van der Waals surface area contributed by atoms with E-state index < -0.39 is 0 Å². The highest BCUT2D eigenvalue weighted by Gasteiger charge is 2.34. The zero-order valence-corrected chi connectivity index (χ0v) is 17.4. The average molecular weight is 362 g/mol. The third-order valence-corrected chi connectivity index (χ3v) is 5.42. The Labute approximate surface area is 160 Å². The van der Waals surface area contributed by atoms with E-state index in [1.165, 1.54) is 18.4 Å². The van der Waals surface area contributed by atoms with Gasteiger partial charge in [0.05, 0.1) is 12.0 Å². The summed E-state index contributed by atoms with van der Waals surface area (Å²) in [4.78, 5) is 17.0. The van der Waals surface area contributed by atoms with E-state index >= 15 is 0 Å². The summed E-state index contributed by atoms with van der Waals surface area (Å²) >= 11 is 0. The van der Waals surface area contributed by atoms with Gasteiger partial charge >= 0.3 is 5.97 Å². The van der Waals surface area contributed by atoms with Gasteiger partial charge in [0.15, 0.2) is 0 Å². The number of carbonyl (C=O) groups excluding carboxylic acids is 1. The Kier molecular flexibility index (Phi) is 11.2. The summed E-state index contributed by atoms with van der Waals surface area (Å²) in [6.07, 6.45) is 14.4. The molecule has 3 nitrogen and oxygen atoms in total. The van der Waals surface area contributed by atoms with Gasteiger partial charge in [-0.15, -0.1) is 0 Å². The van der Waals surface area contributed by atoms with Crippen LogP contribution in [0.15, 0.2) is 24.5 Å². The van der Waals surface area contributed by atoms with Crippen LogP contribution in [-0.2, 0) is 9.53 Å². The van der Waals surface area contributed by atoms with Crippen molar-refractivity contribution in [2.75, 3.05) is 6.61 Å². The topological polar surface area (TPSA) is 39.2 Å². The van der Waals surface area contributed by atoms with E-state index in [9.17, 15) is 4.79 Å². The second-order valence-corrected chi connectivity index (χ2v) is 7.81. The molecule has 1 rings (SSSR count). The maximum atomic E-state index is 12.8. The van der Waals surface area contributed by atoms with E-state index in [2.05, 4.69) is 44.8 Å². The Bertz CT molecular complexity index is 488. The normalized spacial score (nSPS) is 14.6. The van der Waals surface area contributed by atoms with Gasteiger partial charge in [-0.1, -0.05) is 52.9 Å². The molecule has 0 saturated heterocycles. The third kappa shape index (κ3) is 7.88. The van der Waals surface area contributed by atoms with Gasteiger partial charge in [0.2, 0.25) is 0 Å². The molecule has 148 valence electrons. The molecule has 1 aromatic heterocycles. The van der Waals surface area contributed by atoms with E-state index in [-0.39, 0.29) is 11.4 Å². The fourth-order valence-corrected chi connectivity index (χ4v) is 3.53. The van der Waals surface area contributed by atoms with Gasteiger partial charge in [-0.3, -0.25) is 9.78 Å². The van der Waals surface area contributed by atoms with Crippen molar-refractivity contribution in [1.29, 1.82) is 0 Å². The maximum absolute atomic E-state index is 12.8. The van der Waals surface area contributed by atoms with Crippen LogP contribution in [-0.4, -0.2) is 17.6 Å². The number of unbranched alkanes of at least 4 members (excludes halogenated alkanes) is 3. The number of esters is 1. The van der Waals surface area contributed by atoms with Crippen molar-refractivity contribution in [3.8, 4) is 0 Å². The number of pyridine rings is 1. The summed E-state index contributed by atoms with van der Waals surface area (Å²) < 4.78 is 5.63. The standard InChI is InChI=1S/C23H39NO2/c1-5-8-10-15-23(4,22(25)26-19-9-6-2)16-12-20(11-7-3)21-13-17-24-18-14-21/h13-14,17-18,20H,5-12,15-16,19H2,1-4H3. The second-order valence-electron chi connectivity index (χ2n) is 7.81. The van der Waals surface area contributed by atoms with Crippen LogP contribution in [0.1, 0.15) is 103 Å². The lowest BCUT2D eigenvalue weighted by atomic mass is 9.77. The fourth-order valence-electron chi connectivity index (χ4n) is 3.53. The molecule has 0 radical (unpaired) electrons. The van der Waals surface area contributed by atoms with Crippen LogP contribution in [0.25, 0.3) is 0 Å². The number of carbonyl (C=O) groups is 1. The van der Waals surface area contributed by atoms with Crippen molar-refractivity contribution in [1.82, 2.24) is 4.98 Å². The molecule has 0 aliphatic carbocycles. The summed E-state index contributed by atoms with van der Waals surface area (Å²) in [5.74, 6) is 0.504. The molecule has 0 aliphatic heterocycles. The van der Waals surface area contributed by atoms with Crippen molar-refractivity contribution >= 4 is 5.97 Å². The first kappa shape index (κ1) is 22.7. The highest BCUT2D eigenvalue weighted by molar-refractivity contribution is 5.76. The summed E-state index contributed by atoms with van der Waals surface area (Å²) in [6.45, 7) is 9.23. The van der Waals surface area contributed by atoms with E-state index in [0.29, 0.717) is 12.5 Å². The van der Waals surface area contributed by atoms with Crippen molar-refractivity contribution in [2.24, 2.45) is 5.41 Å². The first-order valence-electron chi connectivity index (χ1n) is 10.6. The Morgan fingerprint density at radius 3 is 2.31 bits per heavy atom.